The molecule has 1 saturated heterocycles. The summed E-state index contributed by atoms with van der Waals surface area (Å²) in [6.07, 6.45) is 3.47. The van der Waals surface area contributed by atoms with Crippen molar-refractivity contribution in [3.05, 3.63) is 48.0 Å². The lowest BCUT2D eigenvalue weighted by atomic mass is 10.1. The highest BCUT2D eigenvalue weighted by atomic mass is 16.5. The zero-order chi connectivity index (χ0) is 18.1. The van der Waals surface area contributed by atoms with Crippen molar-refractivity contribution >= 4 is 16.9 Å². The molecule has 0 radical (unpaired) electrons. The molecular weight excluding hydrogens is 334 g/mol. The van der Waals surface area contributed by atoms with Gasteiger partial charge in [-0.25, -0.2) is 0 Å². The third-order valence-electron chi connectivity index (χ3n) is 4.58. The summed E-state index contributed by atoms with van der Waals surface area (Å²) in [5.74, 6) is 1.36. The van der Waals surface area contributed by atoms with Gasteiger partial charge in [0.1, 0.15) is 17.4 Å². The Morgan fingerprint density at radius 1 is 1.38 bits per heavy atom. The van der Waals surface area contributed by atoms with E-state index in [0.717, 1.165) is 22.3 Å². The highest BCUT2D eigenvalue weighted by Gasteiger charge is 2.32. The molecule has 0 saturated carbocycles. The molecule has 1 fully saturated rings. The molecular formula is C19H21N3O4. The lowest BCUT2D eigenvalue weighted by Crippen LogP contribution is -2.45. The fourth-order valence-corrected chi connectivity index (χ4v) is 3.28. The fourth-order valence-electron chi connectivity index (χ4n) is 3.28. The minimum atomic E-state index is -0.231. The third kappa shape index (κ3) is 3.30. The summed E-state index contributed by atoms with van der Waals surface area (Å²) in [6, 6.07) is 7.56. The topological polar surface area (TPSA) is 78.5 Å². The summed E-state index contributed by atoms with van der Waals surface area (Å²) in [5, 5.41) is 8.09. The highest BCUT2D eigenvalue weighted by molar-refractivity contribution is 5.88. The highest BCUT2D eigenvalue weighted by Crippen LogP contribution is 2.25. The van der Waals surface area contributed by atoms with Gasteiger partial charge < -0.3 is 19.2 Å². The number of para-hydroxylation sites is 1. The van der Waals surface area contributed by atoms with Gasteiger partial charge in [-0.05, 0) is 13.0 Å². The van der Waals surface area contributed by atoms with Crippen LogP contribution in [0.15, 0.2) is 41.1 Å². The van der Waals surface area contributed by atoms with Crippen molar-refractivity contribution < 1.29 is 18.7 Å². The van der Waals surface area contributed by atoms with Gasteiger partial charge in [-0.1, -0.05) is 18.2 Å². The summed E-state index contributed by atoms with van der Waals surface area (Å²) in [4.78, 5) is 12.6. The number of aromatic nitrogens is 2. The van der Waals surface area contributed by atoms with Gasteiger partial charge in [0, 0.05) is 18.0 Å². The molecule has 1 aliphatic heterocycles. The quantitative estimate of drug-likeness (QED) is 0.757. The second-order valence-electron chi connectivity index (χ2n) is 6.53. The summed E-state index contributed by atoms with van der Waals surface area (Å²) in [6.45, 7) is 2.75. The summed E-state index contributed by atoms with van der Waals surface area (Å²) in [7, 11) is 1.83. The minimum Gasteiger partial charge on any atom is -0.482 e. The molecule has 7 nitrogen and oxygen atoms in total. The van der Waals surface area contributed by atoms with Crippen LogP contribution in [0.3, 0.4) is 0 Å². The number of hydrogen-bond donors (Lipinski definition) is 1. The van der Waals surface area contributed by atoms with Crippen LogP contribution in [0, 0.1) is 6.92 Å². The maximum absolute atomic E-state index is 12.6. The molecule has 4 rings (SSSR count). The largest absolute Gasteiger partial charge is 0.482 e. The molecule has 2 aromatic heterocycles. The molecule has 7 heteroatoms. The molecule has 1 N–H and O–H groups in total. The van der Waals surface area contributed by atoms with Crippen LogP contribution in [0.5, 0.6) is 5.75 Å². The van der Waals surface area contributed by atoms with Crippen molar-refractivity contribution in [2.45, 2.75) is 25.5 Å². The number of benzene rings is 1. The summed E-state index contributed by atoms with van der Waals surface area (Å²) in [5.41, 5.74) is 1.72. The van der Waals surface area contributed by atoms with Crippen molar-refractivity contribution in [3.8, 4) is 5.75 Å². The average Bonchev–Trinajstić information content (AvgIpc) is 3.30. The first-order valence-electron chi connectivity index (χ1n) is 8.59. The van der Waals surface area contributed by atoms with Gasteiger partial charge in [0.2, 0.25) is 5.91 Å². The summed E-state index contributed by atoms with van der Waals surface area (Å²) < 4.78 is 18.8. The number of nitrogens with one attached hydrogen (secondary N) is 1. The molecule has 1 aliphatic rings. The van der Waals surface area contributed by atoms with E-state index in [1.807, 2.05) is 38.2 Å². The van der Waals surface area contributed by atoms with Crippen LogP contribution >= 0.6 is 0 Å². The lowest BCUT2D eigenvalue weighted by Gasteiger charge is -2.19. The smallest absolute Gasteiger partial charge is 0.225 e. The minimum absolute atomic E-state index is 0.0741. The number of aryl methyl sites for hydroxylation is 2. The van der Waals surface area contributed by atoms with Gasteiger partial charge in [0.05, 0.1) is 38.1 Å². The molecule has 3 heterocycles. The van der Waals surface area contributed by atoms with Crippen molar-refractivity contribution in [2.24, 2.45) is 7.05 Å². The fraction of sp³-hybridized carbons (Fsp3) is 0.368. The second-order valence-corrected chi connectivity index (χ2v) is 6.53. The van der Waals surface area contributed by atoms with E-state index in [9.17, 15) is 4.79 Å². The van der Waals surface area contributed by atoms with Crippen LogP contribution in [-0.4, -0.2) is 41.0 Å². The van der Waals surface area contributed by atoms with Crippen LogP contribution in [-0.2, 0) is 23.0 Å². The Labute approximate surface area is 150 Å². The number of rotatable bonds is 5. The second kappa shape index (κ2) is 6.84. The van der Waals surface area contributed by atoms with E-state index in [-0.39, 0.29) is 24.5 Å². The Kier molecular flexibility index (Phi) is 4.38. The van der Waals surface area contributed by atoms with E-state index in [4.69, 9.17) is 13.9 Å². The van der Waals surface area contributed by atoms with Crippen molar-refractivity contribution in [3.63, 3.8) is 0 Å². The first-order valence-corrected chi connectivity index (χ1v) is 8.59. The monoisotopic (exact) mass is 355 g/mol. The molecule has 26 heavy (non-hydrogen) atoms. The number of nitrogens with zero attached hydrogens (tertiary/aromatic N) is 2. The van der Waals surface area contributed by atoms with Crippen molar-refractivity contribution in [2.75, 3.05) is 13.2 Å². The Morgan fingerprint density at radius 2 is 2.23 bits per heavy atom. The molecule has 0 aliphatic carbocycles. The van der Waals surface area contributed by atoms with E-state index in [2.05, 4.69) is 10.4 Å². The Balaban J connectivity index is 1.43. The third-order valence-corrected chi connectivity index (χ3v) is 4.58. The maximum atomic E-state index is 12.6. The Hall–Kier alpha value is -2.80. The predicted octanol–water partition coefficient (Wildman–Crippen LogP) is 1.98. The van der Waals surface area contributed by atoms with E-state index in [1.165, 1.54) is 0 Å². The molecule has 3 aromatic rings. The standard InChI is InChI=1S/C19H21N3O4/c1-12-15(14-5-3-4-6-17(14)25-12)7-19(23)21-16-10-24-11-18(16)26-13-8-20-22(2)9-13/h3-6,8-9,16,18H,7,10-11H2,1-2H3,(H,21,23)/t16-,18+/m0/s1. The number of amides is 1. The van der Waals surface area contributed by atoms with Gasteiger partial charge in [-0.2, -0.15) is 5.10 Å². The first kappa shape index (κ1) is 16.7. The normalized spacial score (nSPS) is 19.8. The maximum Gasteiger partial charge on any atom is 0.225 e. The molecule has 1 amide bonds. The van der Waals surface area contributed by atoms with Crippen molar-refractivity contribution in [1.29, 1.82) is 0 Å². The number of hydrogen-bond acceptors (Lipinski definition) is 5. The SMILES string of the molecule is Cc1oc2ccccc2c1CC(=O)N[C@H]1COC[C@H]1Oc1cnn(C)c1. The Morgan fingerprint density at radius 3 is 3.04 bits per heavy atom. The zero-order valence-corrected chi connectivity index (χ0v) is 14.8. The number of fused-ring (bicyclic) bond motifs is 1. The number of carbonyl (C=O) groups is 1. The van der Waals surface area contributed by atoms with Gasteiger partial charge in [-0.3, -0.25) is 9.48 Å². The molecule has 136 valence electrons. The molecule has 0 bridgehead atoms. The van der Waals surface area contributed by atoms with Gasteiger partial charge in [-0.15, -0.1) is 0 Å². The Bertz CT molecular complexity index is 930. The van der Waals surface area contributed by atoms with Gasteiger partial charge in [0.15, 0.2) is 5.75 Å². The number of furan rings is 1. The van der Waals surface area contributed by atoms with E-state index >= 15 is 0 Å². The van der Waals surface area contributed by atoms with Crippen LogP contribution in [0.25, 0.3) is 11.0 Å². The van der Waals surface area contributed by atoms with Crippen LogP contribution in [0.1, 0.15) is 11.3 Å². The average molecular weight is 355 g/mol. The van der Waals surface area contributed by atoms with Crippen molar-refractivity contribution in [1.82, 2.24) is 15.1 Å². The number of ether oxygens (including phenoxy) is 2. The predicted molar refractivity (Wildman–Crippen MR) is 95.0 cm³/mol. The number of carbonyl (C=O) groups excluding carboxylic acids is 1. The van der Waals surface area contributed by atoms with Crippen LogP contribution < -0.4 is 10.1 Å². The van der Waals surface area contributed by atoms with E-state index in [0.29, 0.717) is 19.0 Å². The van der Waals surface area contributed by atoms with Crippen LogP contribution in [0.2, 0.25) is 0 Å². The van der Waals surface area contributed by atoms with E-state index in [1.54, 1.807) is 17.1 Å². The van der Waals surface area contributed by atoms with E-state index < -0.39 is 0 Å². The summed E-state index contributed by atoms with van der Waals surface area (Å²) >= 11 is 0. The van der Waals surface area contributed by atoms with Crippen LogP contribution in [0.4, 0.5) is 0 Å². The molecule has 0 unspecified atom stereocenters. The molecule has 0 spiro atoms. The lowest BCUT2D eigenvalue weighted by molar-refractivity contribution is -0.121. The van der Waals surface area contributed by atoms with Gasteiger partial charge in [0.25, 0.3) is 0 Å². The molecule has 1 aromatic carbocycles. The van der Waals surface area contributed by atoms with Gasteiger partial charge >= 0.3 is 0 Å². The first-order chi connectivity index (χ1) is 12.6. The molecule has 2 atom stereocenters. The zero-order valence-electron chi connectivity index (χ0n) is 14.8.